The van der Waals surface area contributed by atoms with Gasteiger partial charge in [-0.1, -0.05) is 63.2 Å². The Kier molecular flexibility index (Phi) is 10.1. The number of rotatable bonds is 11. The summed E-state index contributed by atoms with van der Waals surface area (Å²) in [6.45, 7) is 1.33. The van der Waals surface area contributed by atoms with Gasteiger partial charge in [-0.2, -0.15) is 0 Å². The minimum Gasteiger partial charge on any atom is -0.480 e. The molecule has 1 rings (SSSR count). The first-order valence-corrected chi connectivity index (χ1v) is 9.05. The Morgan fingerprint density at radius 3 is 2.50 bits per heavy atom. The molecule has 0 aromatic heterocycles. The van der Waals surface area contributed by atoms with E-state index in [1.807, 2.05) is 6.08 Å². The van der Waals surface area contributed by atoms with Crippen LogP contribution in [0.1, 0.15) is 64.7 Å². The summed E-state index contributed by atoms with van der Waals surface area (Å²) < 4.78 is 0. The topological polar surface area (TPSA) is 86.6 Å². The number of carboxylic acids is 1. The average Bonchev–Trinajstić information content (AvgIpc) is 3.03. The Morgan fingerprint density at radius 2 is 1.88 bits per heavy atom. The fraction of sp³-hybridized carbons (Fsp3) is 0.684. The van der Waals surface area contributed by atoms with Crippen LogP contribution in [0.15, 0.2) is 24.3 Å². The molecule has 5 nitrogen and oxygen atoms in total. The highest BCUT2D eigenvalue weighted by molar-refractivity contribution is 5.91. The molecule has 1 amide bonds. The zero-order valence-electron chi connectivity index (χ0n) is 14.6. The van der Waals surface area contributed by atoms with Gasteiger partial charge < -0.3 is 15.5 Å². The van der Waals surface area contributed by atoms with Crippen LogP contribution in [0, 0.1) is 5.92 Å². The lowest BCUT2D eigenvalue weighted by molar-refractivity contribution is -0.144. The quantitative estimate of drug-likeness (QED) is 0.307. The van der Waals surface area contributed by atoms with Crippen LogP contribution in [-0.2, 0) is 9.59 Å². The van der Waals surface area contributed by atoms with Crippen LogP contribution in [-0.4, -0.2) is 34.2 Å². The molecular formula is C19H31NO4. The zero-order valence-corrected chi connectivity index (χ0v) is 14.6. The highest BCUT2D eigenvalue weighted by Crippen LogP contribution is 2.29. The zero-order chi connectivity index (χ0) is 17.8. The predicted molar refractivity (Wildman–Crippen MR) is 94.6 cm³/mol. The second kappa shape index (κ2) is 11.8. The molecule has 0 radical (unpaired) electrons. The van der Waals surface area contributed by atoms with Crippen molar-refractivity contribution in [2.75, 3.05) is 0 Å². The number of aliphatic hydroxyl groups excluding tert-OH is 1. The predicted octanol–water partition coefficient (Wildman–Crippen LogP) is 3.19. The summed E-state index contributed by atoms with van der Waals surface area (Å²) in [6.07, 6.45) is 17.3. The van der Waals surface area contributed by atoms with Crippen molar-refractivity contribution >= 4 is 11.9 Å². The van der Waals surface area contributed by atoms with E-state index in [-0.39, 0.29) is 0 Å². The van der Waals surface area contributed by atoms with E-state index in [1.165, 1.54) is 57.9 Å². The summed E-state index contributed by atoms with van der Waals surface area (Å²) in [5.74, 6) is -0.803. The molecule has 0 aromatic rings. The SMILES string of the molecule is CC(O)C(NC(=O)/C=C/C=C/CCCCCC1CCCC1)C(=O)O. The third-order valence-electron chi connectivity index (χ3n) is 4.50. The van der Waals surface area contributed by atoms with Crippen LogP contribution < -0.4 is 5.32 Å². The van der Waals surface area contributed by atoms with Crippen LogP contribution in [0.5, 0.6) is 0 Å². The lowest BCUT2D eigenvalue weighted by Crippen LogP contribution is -2.47. The molecular weight excluding hydrogens is 306 g/mol. The first-order valence-electron chi connectivity index (χ1n) is 9.05. The standard InChI is InChI=1S/C19H31NO4/c1-15(21)18(19(23)24)20-17(22)14-8-6-4-2-3-5-7-11-16-12-9-10-13-16/h4,6,8,14-16,18,21H,2-3,5,7,9-13H2,1H3,(H,20,22)(H,23,24)/b6-4+,14-8+. The van der Waals surface area contributed by atoms with E-state index in [9.17, 15) is 14.7 Å². The minimum atomic E-state index is -1.29. The van der Waals surface area contributed by atoms with Gasteiger partial charge in [-0.3, -0.25) is 4.79 Å². The van der Waals surface area contributed by atoms with Crippen molar-refractivity contribution in [3.63, 3.8) is 0 Å². The monoisotopic (exact) mass is 337 g/mol. The molecule has 0 bridgehead atoms. The average molecular weight is 337 g/mol. The minimum absolute atomic E-state index is 0.524. The maximum atomic E-state index is 11.6. The van der Waals surface area contributed by atoms with E-state index >= 15 is 0 Å². The number of carboxylic acid groups (broad SMARTS) is 1. The van der Waals surface area contributed by atoms with Gasteiger partial charge in [0, 0.05) is 6.08 Å². The molecule has 0 heterocycles. The van der Waals surface area contributed by atoms with Gasteiger partial charge in [-0.05, 0) is 25.7 Å². The molecule has 2 atom stereocenters. The fourth-order valence-electron chi connectivity index (χ4n) is 3.08. The second-order valence-electron chi connectivity index (χ2n) is 6.64. The van der Waals surface area contributed by atoms with E-state index in [2.05, 4.69) is 5.32 Å². The van der Waals surface area contributed by atoms with Crippen molar-refractivity contribution < 1.29 is 19.8 Å². The molecule has 0 spiro atoms. The van der Waals surface area contributed by atoms with Crippen LogP contribution in [0.2, 0.25) is 0 Å². The third-order valence-corrected chi connectivity index (χ3v) is 4.50. The highest BCUT2D eigenvalue weighted by atomic mass is 16.4. The molecule has 24 heavy (non-hydrogen) atoms. The van der Waals surface area contributed by atoms with Crippen molar-refractivity contribution in [3.05, 3.63) is 24.3 Å². The van der Waals surface area contributed by atoms with E-state index < -0.39 is 24.0 Å². The van der Waals surface area contributed by atoms with Gasteiger partial charge in [0.25, 0.3) is 0 Å². The van der Waals surface area contributed by atoms with Crippen LogP contribution in [0.25, 0.3) is 0 Å². The normalized spacial score (nSPS) is 18.2. The van der Waals surface area contributed by atoms with Gasteiger partial charge in [0.15, 0.2) is 6.04 Å². The van der Waals surface area contributed by atoms with Crippen molar-refractivity contribution in [3.8, 4) is 0 Å². The van der Waals surface area contributed by atoms with E-state index in [0.29, 0.717) is 0 Å². The smallest absolute Gasteiger partial charge is 0.328 e. The Hall–Kier alpha value is -1.62. The summed E-state index contributed by atoms with van der Waals surface area (Å²) in [5.41, 5.74) is 0. The Balaban J connectivity index is 2.08. The Labute approximate surface area is 144 Å². The molecule has 1 fully saturated rings. The van der Waals surface area contributed by atoms with Gasteiger partial charge in [0.2, 0.25) is 5.91 Å². The van der Waals surface area contributed by atoms with Crippen LogP contribution in [0.4, 0.5) is 0 Å². The van der Waals surface area contributed by atoms with Gasteiger partial charge in [0.1, 0.15) is 0 Å². The number of unbranched alkanes of at least 4 members (excludes halogenated alkanes) is 3. The number of nitrogens with one attached hydrogen (secondary N) is 1. The summed E-state index contributed by atoms with van der Waals surface area (Å²) >= 11 is 0. The number of hydrogen-bond acceptors (Lipinski definition) is 3. The molecule has 2 unspecified atom stereocenters. The number of hydrogen-bond donors (Lipinski definition) is 3. The molecule has 0 aliphatic heterocycles. The van der Waals surface area contributed by atoms with Crippen LogP contribution in [0.3, 0.4) is 0 Å². The van der Waals surface area contributed by atoms with E-state index in [1.54, 1.807) is 12.2 Å². The molecule has 136 valence electrons. The Bertz CT molecular complexity index is 437. The van der Waals surface area contributed by atoms with Gasteiger partial charge >= 0.3 is 5.97 Å². The van der Waals surface area contributed by atoms with Crippen molar-refractivity contribution in [2.45, 2.75) is 76.9 Å². The summed E-state index contributed by atoms with van der Waals surface area (Å²) in [4.78, 5) is 22.4. The molecule has 1 saturated carbocycles. The fourth-order valence-corrected chi connectivity index (χ4v) is 3.08. The Morgan fingerprint density at radius 1 is 1.17 bits per heavy atom. The maximum Gasteiger partial charge on any atom is 0.328 e. The van der Waals surface area contributed by atoms with E-state index in [4.69, 9.17) is 5.11 Å². The van der Waals surface area contributed by atoms with Crippen molar-refractivity contribution in [1.82, 2.24) is 5.32 Å². The summed E-state index contributed by atoms with van der Waals surface area (Å²) in [7, 11) is 0. The number of allylic oxidation sites excluding steroid dienone is 3. The lowest BCUT2D eigenvalue weighted by atomic mass is 9.99. The highest BCUT2D eigenvalue weighted by Gasteiger charge is 2.23. The number of amides is 1. The lowest BCUT2D eigenvalue weighted by Gasteiger charge is -2.15. The van der Waals surface area contributed by atoms with Gasteiger partial charge in [-0.15, -0.1) is 0 Å². The van der Waals surface area contributed by atoms with Crippen molar-refractivity contribution in [1.29, 1.82) is 0 Å². The van der Waals surface area contributed by atoms with Crippen LogP contribution >= 0.6 is 0 Å². The molecule has 0 saturated heterocycles. The number of carbonyl (C=O) groups is 2. The molecule has 0 aromatic carbocycles. The van der Waals surface area contributed by atoms with Gasteiger partial charge in [0.05, 0.1) is 6.10 Å². The first kappa shape index (κ1) is 20.4. The number of aliphatic carboxylic acids is 1. The number of aliphatic hydroxyl groups is 1. The van der Waals surface area contributed by atoms with Crippen molar-refractivity contribution in [2.24, 2.45) is 5.92 Å². The molecule has 1 aliphatic carbocycles. The molecule has 1 aliphatic rings. The maximum absolute atomic E-state index is 11.6. The molecule has 3 N–H and O–H groups in total. The summed E-state index contributed by atoms with van der Waals surface area (Å²) in [5, 5.41) is 20.4. The summed E-state index contributed by atoms with van der Waals surface area (Å²) in [6, 6.07) is -1.29. The number of carbonyl (C=O) groups excluding carboxylic acids is 1. The van der Waals surface area contributed by atoms with Gasteiger partial charge in [-0.25, -0.2) is 4.79 Å². The largest absolute Gasteiger partial charge is 0.480 e. The molecule has 5 heteroatoms. The van der Waals surface area contributed by atoms with E-state index in [0.717, 1.165) is 18.8 Å². The second-order valence-corrected chi connectivity index (χ2v) is 6.64. The first-order chi connectivity index (χ1) is 11.5. The third kappa shape index (κ3) is 8.87.